The zero-order valence-electron chi connectivity index (χ0n) is 19.8. The van der Waals surface area contributed by atoms with Crippen LogP contribution in [0.25, 0.3) is 0 Å². The smallest absolute Gasteiger partial charge is 0.275 e. The molecule has 2 bridgehead atoms. The van der Waals surface area contributed by atoms with Crippen molar-refractivity contribution >= 4 is 21.6 Å². The van der Waals surface area contributed by atoms with E-state index in [1.54, 1.807) is 14.2 Å². The molecule has 32 heavy (non-hydrogen) atoms. The summed E-state index contributed by atoms with van der Waals surface area (Å²) in [5.74, 6) is -1.16. The van der Waals surface area contributed by atoms with Crippen molar-refractivity contribution in [1.29, 1.82) is 0 Å². The molecule has 0 saturated heterocycles. The lowest BCUT2D eigenvalue weighted by atomic mass is 9.70. The van der Waals surface area contributed by atoms with E-state index in [9.17, 15) is 13.2 Å². The molecule has 4 rings (SSSR count). The monoisotopic (exact) mass is 465 g/mol. The number of methoxy groups -OCH3 is 2. The van der Waals surface area contributed by atoms with Gasteiger partial charge in [-0.15, -0.1) is 0 Å². The summed E-state index contributed by atoms with van der Waals surface area (Å²) in [5, 5.41) is -1.19. The fourth-order valence-corrected chi connectivity index (χ4v) is 7.12. The molecule has 178 valence electrons. The molecule has 1 N–H and O–H groups in total. The minimum absolute atomic E-state index is 0.0764. The van der Waals surface area contributed by atoms with Gasteiger partial charge in [0.05, 0.1) is 0 Å². The predicted molar refractivity (Wildman–Crippen MR) is 123 cm³/mol. The van der Waals surface area contributed by atoms with Gasteiger partial charge in [-0.05, 0) is 43.1 Å². The standard InChI is InChI=1S/C14H19NO2.C10H16O4S/c1-11-9-10-14(16-2,17-3)13(15-11)12-7-5-4-6-8-12;1-9(2)6-4-5-10(9,3)8(11)7(6)15(12,13)14/h4-8,13H,9-10H2,1-3H3;6-7H,4-5H2,1-3H3,(H,12,13,14). The number of aliphatic imine (C=N–C) groups is 1. The molecule has 0 aromatic heterocycles. The lowest BCUT2D eigenvalue weighted by Gasteiger charge is -2.39. The van der Waals surface area contributed by atoms with E-state index in [-0.39, 0.29) is 23.2 Å². The van der Waals surface area contributed by atoms with Crippen LogP contribution < -0.4 is 0 Å². The number of ether oxygens (including phenoxy) is 2. The van der Waals surface area contributed by atoms with Crippen LogP contribution in [-0.4, -0.2) is 49.7 Å². The molecule has 0 radical (unpaired) electrons. The molecule has 4 unspecified atom stereocenters. The van der Waals surface area contributed by atoms with E-state index >= 15 is 0 Å². The fraction of sp³-hybridized carbons (Fsp3) is 0.667. The first-order valence-corrected chi connectivity index (χ1v) is 12.5. The Morgan fingerprint density at radius 3 is 2.09 bits per heavy atom. The Hall–Kier alpha value is -1.61. The first kappa shape index (κ1) is 25.0. The summed E-state index contributed by atoms with van der Waals surface area (Å²) in [4.78, 5) is 16.7. The number of carbonyl (C=O) groups is 1. The van der Waals surface area contributed by atoms with Gasteiger partial charge in [-0.2, -0.15) is 8.42 Å². The molecule has 0 spiro atoms. The van der Waals surface area contributed by atoms with Crippen molar-refractivity contribution in [2.45, 2.75) is 70.5 Å². The van der Waals surface area contributed by atoms with Crippen molar-refractivity contribution in [2.75, 3.05) is 14.2 Å². The first-order chi connectivity index (χ1) is 14.8. The summed E-state index contributed by atoms with van der Waals surface area (Å²) in [6.45, 7) is 7.73. The van der Waals surface area contributed by atoms with Crippen LogP contribution in [0.3, 0.4) is 0 Å². The number of carbonyl (C=O) groups excluding carboxylic acids is 1. The maximum Gasteiger partial charge on any atom is 0.275 e. The minimum Gasteiger partial charge on any atom is -0.351 e. The number of ketones is 1. The Balaban J connectivity index is 0.000000182. The molecule has 2 fully saturated rings. The lowest BCUT2D eigenvalue weighted by molar-refractivity contribution is -0.226. The molecule has 1 aromatic rings. The van der Waals surface area contributed by atoms with Crippen LogP contribution >= 0.6 is 0 Å². The van der Waals surface area contributed by atoms with Crippen molar-refractivity contribution in [3.63, 3.8) is 0 Å². The molecule has 1 aliphatic heterocycles. The van der Waals surface area contributed by atoms with Gasteiger partial charge >= 0.3 is 0 Å². The molecule has 1 aromatic carbocycles. The van der Waals surface area contributed by atoms with Crippen molar-refractivity contribution in [3.05, 3.63) is 35.9 Å². The number of fused-ring (bicyclic) bond motifs is 2. The van der Waals surface area contributed by atoms with Crippen molar-refractivity contribution in [1.82, 2.24) is 0 Å². The summed E-state index contributed by atoms with van der Waals surface area (Å²) in [7, 11) is -0.861. The Morgan fingerprint density at radius 1 is 1.06 bits per heavy atom. The SMILES string of the molecule is CC12CCC(C(S(=O)(=O)O)C1=O)C2(C)C.COC1(OC)CCC(C)=NC1c1ccccc1. The third-order valence-corrected chi connectivity index (χ3v) is 9.39. The summed E-state index contributed by atoms with van der Waals surface area (Å²) in [5.41, 5.74) is 1.38. The van der Waals surface area contributed by atoms with Crippen LogP contribution in [0.5, 0.6) is 0 Å². The van der Waals surface area contributed by atoms with Crippen LogP contribution in [0.2, 0.25) is 0 Å². The van der Waals surface area contributed by atoms with E-state index in [2.05, 4.69) is 19.1 Å². The first-order valence-electron chi connectivity index (χ1n) is 11.0. The van der Waals surface area contributed by atoms with Gasteiger partial charge in [0, 0.05) is 31.8 Å². The molecular weight excluding hydrogens is 430 g/mol. The highest BCUT2D eigenvalue weighted by Gasteiger charge is 2.69. The van der Waals surface area contributed by atoms with Crippen LogP contribution in [0, 0.1) is 16.7 Å². The Labute approximate surface area is 191 Å². The van der Waals surface area contributed by atoms with E-state index in [1.807, 2.05) is 39.0 Å². The second-order valence-electron chi connectivity index (χ2n) is 9.90. The Kier molecular flexibility index (Phi) is 6.75. The number of benzene rings is 1. The summed E-state index contributed by atoms with van der Waals surface area (Å²) in [6.07, 6.45) is 3.20. The predicted octanol–water partition coefficient (Wildman–Crippen LogP) is 4.24. The van der Waals surface area contributed by atoms with Gasteiger partial charge in [-0.25, -0.2) is 0 Å². The number of nitrogens with zero attached hydrogens (tertiary/aromatic N) is 1. The third-order valence-electron chi connectivity index (χ3n) is 8.20. The molecule has 7 nitrogen and oxygen atoms in total. The van der Waals surface area contributed by atoms with Crippen LogP contribution in [0.1, 0.15) is 65.0 Å². The number of rotatable bonds is 4. The highest BCUT2D eigenvalue weighted by atomic mass is 32.2. The summed E-state index contributed by atoms with van der Waals surface area (Å²) in [6, 6.07) is 10.1. The van der Waals surface area contributed by atoms with Gasteiger partial charge in [0.1, 0.15) is 11.3 Å². The topological polar surface area (TPSA) is 102 Å². The minimum atomic E-state index is -4.24. The molecular formula is C24H35NO6S. The normalized spacial score (nSPS) is 32.8. The van der Waals surface area contributed by atoms with Gasteiger partial charge in [-0.1, -0.05) is 51.1 Å². The van der Waals surface area contributed by atoms with Crippen LogP contribution in [0.4, 0.5) is 0 Å². The third kappa shape index (κ3) is 3.95. The number of Topliss-reactive ketones (excluding diaryl/α,β-unsaturated/α-hetero) is 1. The zero-order valence-corrected chi connectivity index (χ0v) is 20.6. The molecule has 2 aliphatic carbocycles. The maximum atomic E-state index is 12.0. The molecule has 3 aliphatic rings. The van der Waals surface area contributed by atoms with E-state index in [1.165, 1.54) is 0 Å². The average Bonchev–Trinajstić information content (AvgIpc) is 3.07. The summed E-state index contributed by atoms with van der Waals surface area (Å²) < 4.78 is 42.7. The lowest BCUT2D eigenvalue weighted by Crippen LogP contribution is -2.42. The number of hydrogen-bond donors (Lipinski definition) is 1. The molecule has 1 heterocycles. The zero-order chi connectivity index (χ0) is 23.9. The van der Waals surface area contributed by atoms with E-state index in [0.29, 0.717) is 6.42 Å². The van der Waals surface area contributed by atoms with Gasteiger partial charge in [0.25, 0.3) is 10.1 Å². The second-order valence-corrected chi connectivity index (χ2v) is 11.4. The molecule has 8 heteroatoms. The quantitative estimate of drug-likeness (QED) is 0.527. The van der Waals surface area contributed by atoms with E-state index < -0.39 is 26.6 Å². The molecule has 0 amide bonds. The average molecular weight is 466 g/mol. The van der Waals surface area contributed by atoms with Crippen LogP contribution in [-0.2, 0) is 24.4 Å². The van der Waals surface area contributed by atoms with Gasteiger partial charge < -0.3 is 9.47 Å². The van der Waals surface area contributed by atoms with E-state index in [0.717, 1.165) is 30.5 Å². The van der Waals surface area contributed by atoms with Crippen molar-refractivity contribution in [2.24, 2.45) is 21.7 Å². The largest absolute Gasteiger partial charge is 0.351 e. The number of hydrogen-bond acceptors (Lipinski definition) is 6. The highest BCUT2D eigenvalue weighted by molar-refractivity contribution is 7.87. The van der Waals surface area contributed by atoms with Crippen LogP contribution in [0.15, 0.2) is 35.3 Å². The molecule has 4 atom stereocenters. The highest BCUT2D eigenvalue weighted by Crippen LogP contribution is 2.64. The maximum absolute atomic E-state index is 12.0. The van der Waals surface area contributed by atoms with Crippen molar-refractivity contribution < 1.29 is 27.2 Å². The second kappa shape index (κ2) is 8.63. The van der Waals surface area contributed by atoms with Gasteiger partial charge in [-0.3, -0.25) is 14.3 Å². The van der Waals surface area contributed by atoms with Gasteiger partial charge in [0.2, 0.25) is 0 Å². The summed E-state index contributed by atoms with van der Waals surface area (Å²) >= 11 is 0. The van der Waals surface area contributed by atoms with Crippen molar-refractivity contribution in [3.8, 4) is 0 Å². The fourth-order valence-electron chi connectivity index (χ4n) is 5.70. The Morgan fingerprint density at radius 2 is 1.66 bits per heavy atom. The van der Waals surface area contributed by atoms with Gasteiger partial charge in [0.15, 0.2) is 11.6 Å². The Bertz CT molecular complexity index is 983. The molecule has 2 saturated carbocycles. The van der Waals surface area contributed by atoms with E-state index in [4.69, 9.17) is 19.0 Å².